The van der Waals surface area contributed by atoms with Gasteiger partial charge in [0, 0.05) is 0 Å². The summed E-state index contributed by atoms with van der Waals surface area (Å²) in [7, 11) is 0. The maximum absolute atomic E-state index is 12.8. The lowest BCUT2D eigenvalue weighted by Crippen LogP contribution is -2.39. The molecule has 150 valence electrons. The van der Waals surface area contributed by atoms with Gasteiger partial charge < -0.3 is 9.47 Å². The van der Waals surface area contributed by atoms with Crippen molar-refractivity contribution in [3.05, 3.63) is 12.2 Å². The second-order valence-electron chi connectivity index (χ2n) is 8.36. The smallest absolute Gasteiger partial charge is 0.310 e. The fraction of sp³-hybridized carbons (Fsp3) is 0.818. The van der Waals surface area contributed by atoms with Gasteiger partial charge in [-0.15, -0.1) is 0 Å². The van der Waals surface area contributed by atoms with Crippen LogP contribution in [-0.2, 0) is 19.1 Å². The summed E-state index contributed by atoms with van der Waals surface area (Å²) in [5, 5.41) is 0. The summed E-state index contributed by atoms with van der Waals surface area (Å²) in [6.07, 6.45) is 10.3. The molecule has 0 aliphatic heterocycles. The lowest BCUT2D eigenvalue weighted by Gasteiger charge is -2.32. The van der Waals surface area contributed by atoms with Crippen LogP contribution in [0.15, 0.2) is 12.2 Å². The zero-order valence-corrected chi connectivity index (χ0v) is 17.3. The predicted octanol–water partition coefficient (Wildman–Crippen LogP) is 5.16. The Bertz CT molecular complexity index is 453. The first-order chi connectivity index (χ1) is 12.4. The third-order valence-electron chi connectivity index (χ3n) is 4.75. The van der Waals surface area contributed by atoms with E-state index in [2.05, 4.69) is 13.0 Å². The summed E-state index contributed by atoms with van der Waals surface area (Å²) in [6, 6.07) is 0. The molecule has 0 heterocycles. The number of rotatable bonds is 11. The SMILES string of the molecule is CCCCCCC1C=CCC(C(=O)OCC(C)C)C1C(=O)OCC(C)C. The Morgan fingerprint density at radius 2 is 1.58 bits per heavy atom. The van der Waals surface area contributed by atoms with Crippen molar-refractivity contribution in [3.8, 4) is 0 Å². The predicted molar refractivity (Wildman–Crippen MR) is 105 cm³/mol. The summed E-state index contributed by atoms with van der Waals surface area (Å²) in [6.45, 7) is 11.0. The number of carbonyl (C=O) groups excluding carboxylic acids is 2. The second kappa shape index (κ2) is 12.1. The van der Waals surface area contributed by atoms with E-state index in [1.807, 2.05) is 33.8 Å². The van der Waals surface area contributed by atoms with E-state index in [1.165, 1.54) is 12.8 Å². The standard InChI is InChI=1S/C22H38O4/c1-6-7-8-9-11-18-12-10-13-19(21(23)25-14-16(2)3)20(18)22(24)26-15-17(4)5/h10,12,16-20H,6-9,11,13-15H2,1-5H3. The zero-order valence-electron chi connectivity index (χ0n) is 17.3. The van der Waals surface area contributed by atoms with Crippen molar-refractivity contribution in [2.75, 3.05) is 13.2 Å². The number of hydrogen-bond acceptors (Lipinski definition) is 4. The lowest BCUT2D eigenvalue weighted by molar-refractivity contribution is -0.164. The summed E-state index contributed by atoms with van der Waals surface area (Å²) >= 11 is 0. The molecule has 0 amide bonds. The van der Waals surface area contributed by atoms with Crippen molar-refractivity contribution in [3.63, 3.8) is 0 Å². The molecule has 0 radical (unpaired) electrons. The number of hydrogen-bond donors (Lipinski definition) is 0. The summed E-state index contributed by atoms with van der Waals surface area (Å²) in [5.41, 5.74) is 0. The number of carbonyl (C=O) groups is 2. The maximum Gasteiger partial charge on any atom is 0.310 e. The van der Waals surface area contributed by atoms with E-state index >= 15 is 0 Å². The average Bonchev–Trinajstić information content (AvgIpc) is 2.60. The van der Waals surface area contributed by atoms with E-state index < -0.39 is 11.8 Å². The Hall–Kier alpha value is -1.32. The third-order valence-corrected chi connectivity index (χ3v) is 4.75. The van der Waals surface area contributed by atoms with Crippen molar-refractivity contribution in [2.45, 2.75) is 73.1 Å². The first-order valence-corrected chi connectivity index (χ1v) is 10.4. The average molecular weight is 367 g/mol. The molecular formula is C22H38O4. The minimum atomic E-state index is -0.422. The van der Waals surface area contributed by atoms with Gasteiger partial charge in [0.15, 0.2) is 0 Å². The molecule has 0 saturated heterocycles. The number of ether oxygens (including phenoxy) is 2. The molecule has 26 heavy (non-hydrogen) atoms. The Kier molecular flexibility index (Phi) is 10.6. The number of unbranched alkanes of at least 4 members (excludes halogenated alkanes) is 3. The molecule has 3 atom stereocenters. The zero-order chi connectivity index (χ0) is 19.5. The Morgan fingerprint density at radius 3 is 2.15 bits per heavy atom. The van der Waals surface area contributed by atoms with Gasteiger partial charge in [-0.3, -0.25) is 9.59 Å². The second-order valence-corrected chi connectivity index (χ2v) is 8.36. The largest absolute Gasteiger partial charge is 0.465 e. The highest BCUT2D eigenvalue weighted by molar-refractivity contribution is 5.83. The number of allylic oxidation sites excluding steroid dienone is 2. The molecule has 4 nitrogen and oxygen atoms in total. The molecule has 0 saturated carbocycles. The van der Waals surface area contributed by atoms with Crippen LogP contribution in [0, 0.1) is 29.6 Å². The molecule has 0 fully saturated rings. The molecule has 0 aromatic rings. The van der Waals surface area contributed by atoms with Gasteiger partial charge in [-0.1, -0.05) is 72.5 Å². The van der Waals surface area contributed by atoms with Crippen LogP contribution < -0.4 is 0 Å². The molecule has 0 N–H and O–H groups in total. The van der Waals surface area contributed by atoms with E-state index in [0.29, 0.717) is 19.6 Å². The van der Waals surface area contributed by atoms with Crippen molar-refractivity contribution in [2.24, 2.45) is 29.6 Å². The fourth-order valence-corrected chi connectivity index (χ4v) is 3.33. The molecule has 1 aliphatic carbocycles. The summed E-state index contributed by atoms with van der Waals surface area (Å²) in [4.78, 5) is 25.4. The summed E-state index contributed by atoms with van der Waals surface area (Å²) < 4.78 is 11.0. The molecule has 1 rings (SSSR count). The van der Waals surface area contributed by atoms with Gasteiger partial charge in [-0.25, -0.2) is 0 Å². The highest BCUT2D eigenvalue weighted by atomic mass is 16.5. The Balaban J connectivity index is 2.82. The van der Waals surface area contributed by atoms with E-state index in [0.717, 1.165) is 19.3 Å². The van der Waals surface area contributed by atoms with Crippen molar-refractivity contribution in [1.82, 2.24) is 0 Å². The van der Waals surface area contributed by atoms with E-state index in [-0.39, 0.29) is 29.7 Å². The van der Waals surface area contributed by atoms with Crippen molar-refractivity contribution in [1.29, 1.82) is 0 Å². The first-order valence-electron chi connectivity index (χ1n) is 10.4. The van der Waals surface area contributed by atoms with Gasteiger partial charge in [0.2, 0.25) is 0 Å². The minimum Gasteiger partial charge on any atom is -0.465 e. The van der Waals surface area contributed by atoms with Crippen LogP contribution in [-0.4, -0.2) is 25.2 Å². The molecular weight excluding hydrogens is 328 g/mol. The monoisotopic (exact) mass is 366 g/mol. The van der Waals surface area contributed by atoms with Crippen LogP contribution in [0.25, 0.3) is 0 Å². The van der Waals surface area contributed by atoms with Crippen molar-refractivity contribution < 1.29 is 19.1 Å². The fourth-order valence-electron chi connectivity index (χ4n) is 3.33. The normalized spacial score (nSPS) is 22.7. The Morgan fingerprint density at radius 1 is 0.962 bits per heavy atom. The molecule has 3 unspecified atom stereocenters. The van der Waals surface area contributed by atoms with Gasteiger partial charge in [0.1, 0.15) is 0 Å². The van der Waals surface area contributed by atoms with Crippen LogP contribution in [0.2, 0.25) is 0 Å². The molecule has 0 aromatic carbocycles. The molecule has 0 aromatic heterocycles. The third kappa shape index (κ3) is 7.92. The Labute approximate surface area is 159 Å². The van der Waals surface area contributed by atoms with E-state index in [1.54, 1.807) is 0 Å². The quantitative estimate of drug-likeness (QED) is 0.288. The van der Waals surface area contributed by atoms with E-state index in [4.69, 9.17) is 9.47 Å². The van der Waals surface area contributed by atoms with Gasteiger partial charge in [0.25, 0.3) is 0 Å². The van der Waals surface area contributed by atoms with Crippen LogP contribution in [0.5, 0.6) is 0 Å². The molecule has 4 heteroatoms. The van der Waals surface area contributed by atoms with Gasteiger partial charge in [-0.2, -0.15) is 0 Å². The van der Waals surface area contributed by atoms with Gasteiger partial charge in [0.05, 0.1) is 25.0 Å². The highest BCUT2D eigenvalue weighted by Crippen LogP contribution is 2.36. The van der Waals surface area contributed by atoms with E-state index in [9.17, 15) is 9.59 Å². The minimum absolute atomic E-state index is 0.0665. The topological polar surface area (TPSA) is 52.6 Å². The number of esters is 2. The van der Waals surface area contributed by atoms with Gasteiger partial charge in [-0.05, 0) is 30.6 Å². The van der Waals surface area contributed by atoms with Crippen LogP contribution in [0.3, 0.4) is 0 Å². The van der Waals surface area contributed by atoms with Crippen LogP contribution in [0.1, 0.15) is 73.1 Å². The molecule has 0 bridgehead atoms. The lowest BCUT2D eigenvalue weighted by atomic mass is 9.73. The van der Waals surface area contributed by atoms with Crippen LogP contribution >= 0.6 is 0 Å². The van der Waals surface area contributed by atoms with Crippen molar-refractivity contribution >= 4 is 11.9 Å². The maximum atomic E-state index is 12.8. The molecule has 1 aliphatic rings. The van der Waals surface area contributed by atoms with Crippen LogP contribution in [0.4, 0.5) is 0 Å². The first kappa shape index (κ1) is 22.7. The summed E-state index contributed by atoms with van der Waals surface area (Å²) in [5.74, 6) is -0.698. The highest BCUT2D eigenvalue weighted by Gasteiger charge is 2.41. The van der Waals surface area contributed by atoms with Gasteiger partial charge >= 0.3 is 11.9 Å². The molecule has 0 spiro atoms.